The maximum absolute atomic E-state index is 13.6. The van der Waals surface area contributed by atoms with E-state index in [1.807, 2.05) is 68.4 Å². The van der Waals surface area contributed by atoms with Gasteiger partial charge in [-0.15, -0.1) is 0 Å². The van der Waals surface area contributed by atoms with Crippen LogP contribution in [0.1, 0.15) is 31.4 Å². The monoisotopic (exact) mass is 552 g/mol. The van der Waals surface area contributed by atoms with Gasteiger partial charge in [0.2, 0.25) is 5.91 Å². The molecule has 0 aliphatic rings. The van der Waals surface area contributed by atoms with Crippen LogP contribution < -0.4 is 14.8 Å². The van der Waals surface area contributed by atoms with Gasteiger partial charge < -0.3 is 19.7 Å². The number of hydrogen-bond donors (Lipinski definition) is 1. The topological polar surface area (TPSA) is 67.9 Å². The first kappa shape index (κ1) is 27.3. The molecule has 190 valence electrons. The predicted molar refractivity (Wildman–Crippen MR) is 145 cm³/mol. The van der Waals surface area contributed by atoms with Crippen LogP contribution in [0.5, 0.6) is 11.5 Å². The van der Waals surface area contributed by atoms with Crippen LogP contribution in [0, 0.1) is 0 Å². The van der Waals surface area contributed by atoms with Crippen LogP contribution in [0.4, 0.5) is 0 Å². The van der Waals surface area contributed by atoms with E-state index >= 15 is 0 Å². The Labute approximate surface area is 221 Å². The highest BCUT2D eigenvalue weighted by Gasteiger charge is 2.31. The molecular weight excluding hydrogens is 520 g/mol. The van der Waals surface area contributed by atoms with E-state index in [2.05, 4.69) is 21.2 Å². The van der Waals surface area contributed by atoms with Gasteiger partial charge in [0.15, 0.2) is 6.61 Å². The molecule has 3 rings (SSSR count). The summed E-state index contributed by atoms with van der Waals surface area (Å²) in [5, 5.41) is 3.07. The molecule has 0 spiro atoms. The van der Waals surface area contributed by atoms with Crippen LogP contribution in [0.15, 0.2) is 83.3 Å². The number of rotatable bonds is 12. The maximum Gasteiger partial charge on any atom is 0.261 e. The van der Waals surface area contributed by atoms with Crippen molar-refractivity contribution in [1.82, 2.24) is 10.2 Å². The number of benzene rings is 3. The van der Waals surface area contributed by atoms with Crippen molar-refractivity contribution in [2.45, 2.75) is 45.3 Å². The number of hydrogen-bond acceptors (Lipinski definition) is 4. The van der Waals surface area contributed by atoms with Gasteiger partial charge in [0, 0.05) is 23.5 Å². The number of carbonyl (C=O) groups is 2. The standard InChI is InChI=1S/C29H33BrN2O4/c1-4-21(2)31-29(34)27(18-22-9-6-5-7-10-22)32(19-23-11-8-12-24(30)17-23)28(33)20-36-26-15-13-25(35-3)14-16-26/h5-17,21,27H,4,18-20H2,1-3H3,(H,31,34)/t21-,27+/m0/s1. The Morgan fingerprint density at radius 2 is 1.61 bits per heavy atom. The quantitative estimate of drug-likeness (QED) is 0.327. The number of carbonyl (C=O) groups excluding carboxylic acids is 2. The highest BCUT2D eigenvalue weighted by atomic mass is 79.9. The van der Waals surface area contributed by atoms with E-state index in [0.717, 1.165) is 22.0 Å². The number of ether oxygens (including phenoxy) is 2. The third kappa shape index (κ3) is 8.12. The molecule has 0 saturated carbocycles. The van der Waals surface area contributed by atoms with Gasteiger partial charge in [0.1, 0.15) is 17.5 Å². The van der Waals surface area contributed by atoms with Gasteiger partial charge >= 0.3 is 0 Å². The van der Waals surface area contributed by atoms with Crippen molar-refractivity contribution in [2.75, 3.05) is 13.7 Å². The Balaban J connectivity index is 1.89. The Morgan fingerprint density at radius 1 is 0.944 bits per heavy atom. The van der Waals surface area contributed by atoms with Crippen LogP contribution in [0.3, 0.4) is 0 Å². The van der Waals surface area contributed by atoms with Crippen molar-refractivity contribution in [3.05, 3.63) is 94.5 Å². The van der Waals surface area contributed by atoms with Gasteiger partial charge in [-0.05, 0) is 60.9 Å². The predicted octanol–water partition coefficient (Wildman–Crippen LogP) is 5.39. The average molecular weight is 553 g/mol. The second kappa shape index (κ2) is 13.7. The van der Waals surface area contributed by atoms with E-state index in [-0.39, 0.29) is 31.0 Å². The number of nitrogens with one attached hydrogen (secondary N) is 1. The number of amides is 2. The molecule has 0 unspecified atom stereocenters. The first-order valence-corrected chi connectivity index (χ1v) is 12.8. The van der Waals surface area contributed by atoms with E-state index in [1.165, 1.54) is 0 Å². The van der Waals surface area contributed by atoms with E-state index in [9.17, 15) is 9.59 Å². The molecule has 6 nitrogen and oxygen atoms in total. The summed E-state index contributed by atoms with van der Waals surface area (Å²) in [7, 11) is 1.59. The molecule has 3 aromatic rings. The highest BCUT2D eigenvalue weighted by Crippen LogP contribution is 2.20. The summed E-state index contributed by atoms with van der Waals surface area (Å²) in [4.78, 5) is 28.7. The molecule has 7 heteroatoms. The Morgan fingerprint density at radius 3 is 2.25 bits per heavy atom. The van der Waals surface area contributed by atoms with Crippen LogP contribution >= 0.6 is 15.9 Å². The molecule has 0 bridgehead atoms. The summed E-state index contributed by atoms with van der Waals surface area (Å²) in [6, 6.07) is 23.8. The van der Waals surface area contributed by atoms with Crippen molar-refractivity contribution >= 4 is 27.7 Å². The van der Waals surface area contributed by atoms with Crippen LogP contribution in [-0.4, -0.2) is 42.5 Å². The van der Waals surface area contributed by atoms with Crippen molar-refractivity contribution in [3.8, 4) is 11.5 Å². The van der Waals surface area contributed by atoms with Crippen molar-refractivity contribution < 1.29 is 19.1 Å². The molecule has 2 atom stereocenters. The van der Waals surface area contributed by atoms with Crippen molar-refractivity contribution in [2.24, 2.45) is 0 Å². The minimum Gasteiger partial charge on any atom is -0.497 e. The first-order chi connectivity index (χ1) is 17.4. The summed E-state index contributed by atoms with van der Waals surface area (Å²) in [5.41, 5.74) is 1.89. The second-order valence-electron chi connectivity index (χ2n) is 8.64. The fourth-order valence-electron chi connectivity index (χ4n) is 3.73. The molecule has 0 radical (unpaired) electrons. The average Bonchev–Trinajstić information content (AvgIpc) is 2.90. The lowest BCUT2D eigenvalue weighted by Crippen LogP contribution is -2.53. The van der Waals surface area contributed by atoms with Gasteiger partial charge in [0.05, 0.1) is 7.11 Å². The third-order valence-corrected chi connectivity index (χ3v) is 6.43. The second-order valence-corrected chi connectivity index (χ2v) is 9.55. The molecule has 0 saturated heterocycles. The summed E-state index contributed by atoms with van der Waals surface area (Å²) in [5.74, 6) is 0.803. The van der Waals surface area contributed by atoms with Gasteiger partial charge in [-0.3, -0.25) is 9.59 Å². The molecule has 0 aromatic heterocycles. The lowest BCUT2D eigenvalue weighted by atomic mass is 10.0. The van der Waals surface area contributed by atoms with Crippen LogP contribution in [-0.2, 0) is 22.6 Å². The normalized spacial score (nSPS) is 12.3. The fraction of sp³-hybridized carbons (Fsp3) is 0.310. The lowest BCUT2D eigenvalue weighted by molar-refractivity contribution is -0.143. The summed E-state index contributed by atoms with van der Waals surface area (Å²) < 4.78 is 11.9. The molecule has 0 aliphatic heterocycles. The van der Waals surface area contributed by atoms with Crippen molar-refractivity contribution in [1.29, 1.82) is 0 Å². The molecule has 0 fully saturated rings. The number of nitrogens with zero attached hydrogens (tertiary/aromatic N) is 1. The zero-order chi connectivity index (χ0) is 25.9. The molecule has 36 heavy (non-hydrogen) atoms. The van der Waals surface area contributed by atoms with Crippen molar-refractivity contribution in [3.63, 3.8) is 0 Å². The smallest absolute Gasteiger partial charge is 0.261 e. The molecule has 2 amide bonds. The summed E-state index contributed by atoms with van der Waals surface area (Å²) in [6.07, 6.45) is 1.19. The van der Waals surface area contributed by atoms with Gasteiger partial charge in [-0.25, -0.2) is 0 Å². The number of halogens is 1. The van der Waals surface area contributed by atoms with E-state index in [0.29, 0.717) is 17.9 Å². The van der Waals surface area contributed by atoms with Gasteiger partial charge in [-0.1, -0.05) is 65.3 Å². The Kier molecular flexibility index (Phi) is 10.4. The van der Waals surface area contributed by atoms with E-state index < -0.39 is 6.04 Å². The van der Waals surface area contributed by atoms with Gasteiger partial charge in [-0.2, -0.15) is 0 Å². The number of methoxy groups -OCH3 is 1. The van der Waals surface area contributed by atoms with Gasteiger partial charge in [0.25, 0.3) is 5.91 Å². The molecule has 0 heterocycles. The zero-order valence-electron chi connectivity index (χ0n) is 20.9. The minimum atomic E-state index is -0.702. The zero-order valence-corrected chi connectivity index (χ0v) is 22.5. The Bertz CT molecular complexity index is 1120. The lowest BCUT2D eigenvalue weighted by Gasteiger charge is -2.32. The molecule has 1 N–H and O–H groups in total. The SMILES string of the molecule is CC[C@H](C)NC(=O)[C@@H](Cc1ccccc1)N(Cc1cccc(Br)c1)C(=O)COc1ccc(OC)cc1. The summed E-state index contributed by atoms with van der Waals surface area (Å²) >= 11 is 3.51. The third-order valence-electron chi connectivity index (χ3n) is 5.94. The first-order valence-electron chi connectivity index (χ1n) is 12.0. The maximum atomic E-state index is 13.6. The van der Waals surface area contributed by atoms with E-state index in [4.69, 9.17) is 9.47 Å². The summed E-state index contributed by atoms with van der Waals surface area (Å²) in [6.45, 7) is 4.06. The minimum absolute atomic E-state index is 0.00542. The van der Waals surface area contributed by atoms with E-state index in [1.54, 1.807) is 36.3 Å². The molecule has 0 aliphatic carbocycles. The highest BCUT2D eigenvalue weighted by molar-refractivity contribution is 9.10. The Hall–Kier alpha value is -3.32. The fourth-order valence-corrected chi connectivity index (χ4v) is 4.17. The largest absolute Gasteiger partial charge is 0.497 e. The van der Waals surface area contributed by atoms with Crippen LogP contribution in [0.2, 0.25) is 0 Å². The van der Waals surface area contributed by atoms with Crippen LogP contribution in [0.25, 0.3) is 0 Å². The molecular formula is C29H33BrN2O4. The molecule has 3 aromatic carbocycles.